The molecule has 1 aromatic carbocycles. The molecular weight excluding hydrogens is 202 g/mol. The summed E-state index contributed by atoms with van der Waals surface area (Å²) in [7, 11) is 0. The molecule has 0 spiro atoms. The summed E-state index contributed by atoms with van der Waals surface area (Å²) in [6.45, 7) is 1.80. The molecule has 0 fully saturated rings. The summed E-state index contributed by atoms with van der Waals surface area (Å²) >= 11 is 0. The lowest BCUT2D eigenvalue weighted by Gasteiger charge is -2.20. The second kappa shape index (κ2) is 3.99. The lowest BCUT2D eigenvalue weighted by molar-refractivity contribution is 0.415. The zero-order valence-corrected chi connectivity index (χ0v) is 8.82. The summed E-state index contributed by atoms with van der Waals surface area (Å²) in [5, 5.41) is 11.5. The van der Waals surface area contributed by atoms with Gasteiger partial charge in [0.05, 0.1) is 11.8 Å². The Kier molecular flexibility index (Phi) is 2.52. The smallest absolute Gasteiger partial charge is 0.150 e. The average Bonchev–Trinajstić information content (AvgIpc) is 2.28. The first-order chi connectivity index (χ1) is 7.70. The third kappa shape index (κ3) is 1.84. The molecule has 0 aromatic heterocycles. The number of hydrogen-bond donors (Lipinski definition) is 2. The van der Waals surface area contributed by atoms with Crippen molar-refractivity contribution in [1.82, 2.24) is 0 Å². The molecule has 3 N–H and O–H groups in total. The van der Waals surface area contributed by atoms with Crippen molar-refractivity contribution in [2.45, 2.75) is 6.92 Å². The van der Waals surface area contributed by atoms with Crippen molar-refractivity contribution in [3.05, 3.63) is 41.4 Å². The van der Waals surface area contributed by atoms with E-state index >= 15 is 0 Å². The predicted molar refractivity (Wildman–Crippen MR) is 62.2 cm³/mol. The number of nitrogens with one attached hydrogen (secondary N) is 1. The van der Waals surface area contributed by atoms with E-state index in [-0.39, 0.29) is 0 Å². The molecule has 0 saturated heterocycles. The van der Waals surface area contributed by atoms with E-state index in [0.717, 1.165) is 17.0 Å². The van der Waals surface area contributed by atoms with Crippen LogP contribution in [-0.4, -0.2) is 0 Å². The molecule has 0 atom stereocenters. The number of allylic oxidation sites excluding steroid dienone is 2. The van der Waals surface area contributed by atoms with Crippen LogP contribution in [0.3, 0.4) is 0 Å². The van der Waals surface area contributed by atoms with Crippen molar-refractivity contribution >= 4 is 11.8 Å². The van der Waals surface area contributed by atoms with Crippen molar-refractivity contribution in [1.29, 1.82) is 5.26 Å². The fraction of sp³-hybridized carbons (Fsp3) is 0.0833. The number of benzene rings is 1. The number of hydrogen-bond acceptors (Lipinski definition) is 4. The number of nitrogens with two attached hydrogens (primary N) is 1. The van der Waals surface area contributed by atoms with E-state index in [1.54, 1.807) is 13.0 Å². The van der Waals surface area contributed by atoms with Crippen LogP contribution in [-0.2, 0) is 0 Å². The highest BCUT2D eigenvalue weighted by atomic mass is 16.5. The van der Waals surface area contributed by atoms with Gasteiger partial charge < -0.3 is 15.8 Å². The topological polar surface area (TPSA) is 71.1 Å². The number of nitrogens with zero attached hydrogens (tertiary/aromatic N) is 1. The molecule has 80 valence electrons. The summed E-state index contributed by atoms with van der Waals surface area (Å²) in [5.41, 5.74) is 7.45. The number of nitriles is 1. The van der Waals surface area contributed by atoms with Crippen molar-refractivity contribution < 1.29 is 4.74 Å². The lowest BCUT2D eigenvalue weighted by atomic mass is 10.1. The van der Waals surface area contributed by atoms with Gasteiger partial charge in [0.15, 0.2) is 5.75 Å². The summed E-state index contributed by atoms with van der Waals surface area (Å²) < 4.78 is 5.51. The third-order valence-corrected chi connectivity index (χ3v) is 2.27. The highest BCUT2D eigenvalue weighted by Crippen LogP contribution is 2.32. The van der Waals surface area contributed by atoms with Gasteiger partial charge in [-0.05, 0) is 30.7 Å². The standard InChI is InChI=1S/C12H11N3O/c1-8-12(14)15-10-7-9(3-2-6-13)4-5-11(10)16-8/h2-5,7,15H,14H2,1H3/b3-2+. The quantitative estimate of drug-likeness (QED) is 0.701. The molecular formula is C12H11N3O. The molecule has 1 aliphatic rings. The minimum absolute atomic E-state index is 0.508. The first-order valence-electron chi connectivity index (χ1n) is 4.82. The largest absolute Gasteiger partial charge is 0.456 e. The maximum atomic E-state index is 8.44. The Balaban J connectivity index is 2.34. The van der Waals surface area contributed by atoms with Crippen molar-refractivity contribution in [2.24, 2.45) is 5.73 Å². The maximum Gasteiger partial charge on any atom is 0.150 e. The summed E-state index contributed by atoms with van der Waals surface area (Å²) in [6, 6.07) is 7.54. The van der Waals surface area contributed by atoms with Gasteiger partial charge in [-0.25, -0.2) is 0 Å². The van der Waals surface area contributed by atoms with Gasteiger partial charge in [0.25, 0.3) is 0 Å². The molecule has 1 aromatic rings. The Labute approximate surface area is 93.6 Å². The van der Waals surface area contributed by atoms with E-state index in [2.05, 4.69) is 5.32 Å². The predicted octanol–water partition coefficient (Wildman–Crippen LogP) is 2.18. The van der Waals surface area contributed by atoms with Crippen LogP contribution in [0.15, 0.2) is 35.9 Å². The number of fused-ring (bicyclic) bond motifs is 1. The van der Waals surface area contributed by atoms with E-state index in [4.69, 9.17) is 15.7 Å². The van der Waals surface area contributed by atoms with Crippen LogP contribution < -0.4 is 15.8 Å². The molecule has 0 saturated carbocycles. The van der Waals surface area contributed by atoms with Gasteiger partial charge in [-0.15, -0.1) is 0 Å². The highest BCUT2D eigenvalue weighted by Gasteiger charge is 2.13. The van der Waals surface area contributed by atoms with Crippen LogP contribution >= 0.6 is 0 Å². The van der Waals surface area contributed by atoms with Gasteiger partial charge in [-0.2, -0.15) is 5.26 Å². The summed E-state index contributed by atoms with van der Waals surface area (Å²) in [4.78, 5) is 0. The molecule has 4 heteroatoms. The third-order valence-electron chi connectivity index (χ3n) is 2.27. The Hall–Kier alpha value is -2.41. The zero-order chi connectivity index (χ0) is 11.5. The SMILES string of the molecule is CC1=C(N)Nc2cc(/C=C/C#N)ccc2O1. The minimum Gasteiger partial charge on any atom is -0.456 e. The zero-order valence-electron chi connectivity index (χ0n) is 8.82. The van der Waals surface area contributed by atoms with E-state index < -0.39 is 0 Å². The van der Waals surface area contributed by atoms with Gasteiger partial charge in [-0.3, -0.25) is 0 Å². The van der Waals surface area contributed by atoms with Crippen LogP contribution in [0.4, 0.5) is 5.69 Å². The second-order valence-corrected chi connectivity index (χ2v) is 3.41. The fourth-order valence-corrected chi connectivity index (χ4v) is 1.42. The second-order valence-electron chi connectivity index (χ2n) is 3.41. The monoisotopic (exact) mass is 213 g/mol. The van der Waals surface area contributed by atoms with Crippen LogP contribution in [0.25, 0.3) is 6.08 Å². The first-order valence-corrected chi connectivity index (χ1v) is 4.82. The lowest BCUT2D eigenvalue weighted by Crippen LogP contribution is -2.18. The molecule has 0 amide bonds. The molecule has 1 aliphatic heterocycles. The Morgan fingerprint density at radius 3 is 3.06 bits per heavy atom. The molecule has 0 aliphatic carbocycles. The van der Waals surface area contributed by atoms with Crippen molar-refractivity contribution in [3.8, 4) is 11.8 Å². The summed E-state index contributed by atoms with van der Waals surface area (Å²) in [6.07, 6.45) is 3.15. The van der Waals surface area contributed by atoms with Gasteiger partial charge >= 0.3 is 0 Å². The van der Waals surface area contributed by atoms with Gasteiger partial charge in [-0.1, -0.05) is 6.07 Å². The van der Waals surface area contributed by atoms with Crippen molar-refractivity contribution in [2.75, 3.05) is 5.32 Å². The van der Waals surface area contributed by atoms with Crippen molar-refractivity contribution in [3.63, 3.8) is 0 Å². The van der Waals surface area contributed by atoms with Crippen LogP contribution in [0.2, 0.25) is 0 Å². The van der Waals surface area contributed by atoms with Gasteiger partial charge in [0.2, 0.25) is 0 Å². The van der Waals surface area contributed by atoms with Crippen LogP contribution in [0.1, 0.15) is 12.5 Å². The minimum atomic E-state index is 0.508. The van der Waals surface area contributed by atoms with Gasteiger partial charge in [0.1, 0.15) is 11.6 Å². The molecule has 0 unspecified atom stereocenters. The van der Waals surface area contributed by atoms with E-state index in [1.807, 2.05) is 24.3 Å². The van der Waals surface area contributed by atoms with Gasteiger partial charge in [0, 0.05) is 6.08 Å². The molecule has 4 nitrogen and oxygen atoms in total. The highest BCUT2D eigenvalue weighted by molar-refractivity contribution is 5.68. The Bertz CT molecular complexity index is 524. The first kappa shape index (κ1) is 10.1. The number of anilines is 1. The van der Waals surface area contributed by atoms with E-state index in [9.17, 15) is 0 Å². The van der Waals surface area contributed by atoms with E-state index in [0.29, 0.717) is 11.6 Å². The maximum absolute atomic E-state index is 8.44. The molecule has 0 radical (unpaired) electrons. The fourth-order valence-electron chi connectivity index (χ4n) is 1.42. The number of rotatable bonds is 1. The van der Waals surface area contributed by atoms with Crippen LogP contribution in [0.5, 0.6) is 5.75 Å². The molecule has 2 rings (SSSR count). The Morgan fingerprint density at radius 1 is 1.50 bits per heavy atom. The molecule has 16 heavy (non-hydrogen) atoms. The number of ether oxygens (including phenoxy) is 1. The van der Waals surface area contributed by atoms with Crippen LogP contribution in [0, 0.1) is 11.3 Å². The summed E-state index contributed by atoms with van der Waals surface area (Å²) in [5.74, 6) is 1.91. The molecule has 1 heterocycles. The Morgan fingerprint density at radius 2 is 2.31 bits per heavy atom. The van der Waals surface area contributed by atoms with E-state index in [1.165, 1.54) is 6.08 Å². The molecule has 0 bridgehead atoms. The average molecular weight is 213 g/mol. The normalized spacial score (nSPS) is 14.0.